The van der Waals surface area contributed by atoms with Crippen molar-refractivity contribution in [2.45, 2.75) is 47.0 Å². The van der Waals surface area contributed by atoms with Gasteiger partial charge < -0.3 is 9.47 Å². The van der Waals surface area contributed by atoms with Gasteiger partial charge in [-0.1, -0.05) is 20.8 Å². The second-order valence-corrected chi connectivity index (χ2v) is 9.32. The minimum atomic E-state index is -0.468. The normalized spacial score (nSPS) is 11.3. The van der Waals surface area contributed by atoms with Gasteiger partial charge in [0.2, 0.25) is 0 Å². The number of rotatable bonds is 5. The third-order valence-corrected chi connectivity index (χ3v) is 6.05. The highest BCUT2D eigenvalue weighted by molar-refractivity contribution is 7.20. The van der Waals surface area contributed by atoms with Gasteiger partial charge in [0, 0.05) is 16.4 Å². The second kappa shape index (κ2) is 9.12. The molecule has 3 aromatic rings. The number of carbonyl (C=O) groups excluding carboxylic acids is 2. The van der Waals surface area contributed by atoms with Crippen molar-refractivity contribution in [2.24, 2.45) is 0 Å². The molecule has 170 valence electrons. The standard InChI is InChI=1S/C23H28N4O4S/c1-8-31-15-10-9-14(11-16(15)30-7)19(28)26-27-20(29)18-12(2)17-13(3)24-22(23(4,5)6)25-21(17)32-18/h9-11H,8H2,1-7H3,(H,26,28)(H,27,29). The lowest BCUT2D eigenvalue weighted by Gasteiger charge is -2.16. The summed E-state index contributed by atoms with van der Waals surface area (Å²) in [6, 6.07) is 4.82. The molecule has 0 aliphatic heterocycles. The van der Waals surface area contributed by atoms with Crippen molar-refractivity contribution in [3.63, 3.8) is 0 Å². The molecule has 0 saturated heterocycles. The van der Waals surface area contributed by atoms with Crippen molar-refractivity contribution >= 4 is 33.4 Å². The number of nitrogens with one attached hydrogen (secondary N) is 2. The predicted molar refractivity (Wildman–Crippen MR) is 125 cm³/mol. The molecular formula is C23H28N4O4S. The zero-order chi connectivity index (χ0) is 23.6. The molecule has 9 heteroatoms. The smallest absolute Gasteiger partial charge is 0.280 e. The molecule has 0 radical (unpaired) electrons. The molecule has 0 fully saturated rings. The van der Waals surface area contributed by atoms with Crippen LogP contribution in [-0.2, 0) is 5.41 Å². The molecule has 32 heavy (non-hydrogen) atoms. The zero-order valence-electron chi connectivity index (χ0n) is 19.4. The molecule has 0 aliphatic rings. The van der Waals surface area contributed by atoms with E-state index in [-0.39, 0.29) is 5.41 Å². The summed E-state index contributed by atoms with van der Waals surface area (Å²) in [5.74, 6) is 0.837. The number of fused-ring (bicyclic) bond motifs is 1. The number of benzene rings is 1. The van der Waals surface area contributed by atoms with Crippen molar-refractivity contribution < 1.29 is 19.1 Å². The number of hydrogen-bond acceptors (Lipinski definition) is 7. The number of carbonyl (C=O) groups is 2. The summed E-state index contributed by atoms with van der Waals surface area (Å²) in [7, 11) is 1.50. The maximum absolute atomic E-state index is 12.8. The van der Waals surface area contributed by atoms with Gasteiger partial charge in [0.15, 0.2) is 11.5 Å². The van der Waals surface area contributed by atoms with Crippen LogP contribution in [0.3, 0.4) is 0 Å². The molecule has 0 aliphatic carbocycles. The molecule has 8 nitrogen and oxygen atoms in total. The number of aryl methyl sites for hydroxylation is 2. The SMILES string of the molecule is CCOc1ccc(C(=O)NNC(=O)c2sc3nc(C(C)(C)C)nc(C)c3c2C)cc1OC. The van der Waals surface area contributed by atoms with Crippen LogP contribution in [0.5, 0.6) is 11.5 Å². The van der Waals surface area contributed by atoms with Crippen LogP contribution >= 0.6 is 11.3 Å². The Morgan fingerprint density at radius 1 is 1.06 bits per heavy atom. The molecule has 2 amide bonds. The first kappa shape index (κ1) is 23.5. The van der Waals surface area contributed by atoms with Crippen LogP contribution in [0.25, 0.3) is 10.2 Å². The fourth-order valence-electron chi connectivity index (χ4n) is 3.22. The maximum atomic E-state index is 12.8. The lowest BCUT2D eigenvalue weighted by molar-refractivity contribution is 0.0848. The number of thiophene rings is 1. The summed E-state index contributed by atoms with van der Waals surface area (Å²) >= 11 is 1.29. The number of nitrogens with zero attached hydrogens (tertiary/aromatic N) is 2. The van der Waals surface area contributed by atoms with Gasteiger partial charge >= 0.3 is 0 Å². The molecular weight excluding hydrogens is 428 g/mol. The number of aromatic nitrogens is 2. The van der Waals surface area contributed by atoms with Gasteiger partial charge in [-0.15, -0.1) is 11.3 Å². The summed E-state index contributed by atoms with van der Waals surface area (Å²) in [5, 5.41) is 0.871. The van der Waals surface area contributed by atoms with E-state index in [4.69, 9.17) is 9.47 Å². The predicted octanol–water partition coefficient (Wildman–Crippen LogP) is 4.09. The van der Waals surface area contributed by atoms with E-state index in [0.29, 0.717) is 28.5 Å². The highest BCUT2D eigenvalue weighted by Gasteiger charge is 2.23. The summed E-state index contributed by atoms with van der Waals surface area (Å²) in [6.07, 6.45) is 0. The molecule has 0 saturated carbocycles. The van der Waals surface area contributed by atoms with E-state index in [2.05, 4.69) is 20.8 Å². The van der Waals surface area contributed by atoms with Crippen LogP contribution in [0.4, 0.5) is 0 Å². The van der Waals surface area contributed by atoms with Crippen molar-refractivity contribution in [1.29, 1.82) is 0 Å². The summed E-state index contributed by atoms with van der Waals surface area (Å²) in [4.78, 5) is 35.9. The minimum absolute atomic E-state index is 0.202. The number of amides is 2. The van der Waals surface area contributed by atoms with Gasteiger partial charge in [-0.25, -0.2) is 9.97 Å². The Kier molecular flexibility index (Phi) is 6.68. The van der Waals surface area contributed by atoms with Crippen LogP contribution in [0.15, 0.2) is 18.2 Å². The molecule has 1 aromatic carbocycles. The van der Waals surface area contributed by atoms with Gasteiger partial charge in [-0.2, -0.15) is 0 Å². The van der Waals surface area contributed by atoms with E-state index in [1.165, 1.54) is 18.4 Å². The maximum Gasteiger partial charge on any atom is 0.280 e. The fraction of sp³-hybridized carbons (Fsp3) is 0.391. The van der Waals surface area contributed by atoms with Gasteiger partial charge in [0.05, 0.1) is 24.3 Å². The third-order valence-electron chi connectivity index (χ3n) is 4.86. The van der Waals surface area contributed by atoms with Crippen molar-refractivity contribution in [2.75, 3.05) is 13.7 Å². The van der Waals surface area contributed by atoms with Crippen LogP contribution in [0, 0.1) is 13.8 Å². The number of hydrazine groups is 1. The Bertz CT molecular complexity index is 1180. The third kappa shape index (κ3) is 4.67. The Morgan fingerprint density at radius 3 is 2.38 bits per heavy atom. The Balaban J connectivity index is 1.79. The van der Waals surface area contributed by atoms with E-state index in [0.717, 1.165) is 27.3 Å². The number of ether oxygens (including phenoxy) is 2. The van der Waals surface area contributed by atoms with Crippen LogP contribution < -0.4 is 20.3 Å². The number of hydrogen-bond donors (Lipinski definition) is 2. The van der Waals surface area contributed by atoms with Crippen molar-refractivity contribution in [3.8, 4) is 11.5 Å². The van der Waals surface area contributed by atoms with E-state index >= 15 is 0 Å². The highest BCUT2D eigenvalue weighted by Crippen LogP contribution is 2.33. The minimum Gasteiger partial charge on any atom is -0.493 e. The first-order valence-electron chi connectivity index (χ1n) is 10.3. The van der Waals surface area contributed by atoms with Crippen LogP contribution in [0.2, 0.25) is 0 Å². The quantitative estimate of drug-likeness (QED) is 0.561. The molecule has 3 rings (SSSR count). The Morgan fingerprint density at radius 2 is 1.75 bits per heavy atom. The van der Waals surface area contributed by atoms with Crippen molar-refractivity contribution in [1.82, 2.24) is 20.8 Å². The van der Waals surface area contributed by atoms with Crippen LogP contribution in [-0.4, -0.2) is 35.5 Å². The summed E-state index contributed by atoms with van der Waals surface area (Å²) in [6.45, 7) is 12.3. The van der Waals surface area contributed by atoms with Gasteiger partial charge in [0.1, 0.15) is 10.7 Å². The molecule has 0 bridgehead atoms. The van der Waals surface area contributed by atoms with Crippen molar-refractivity contribution in [3.05, 3.63) is 45.7 Å². The summed E-state index contributed by atoms with van der Waals surface area (Å²) < 4.78 is 10.7. The van der Waals surface area contributed by atoms with Gasteiger partial charge in [-0.05, 0) is 44.5 Å². The fourth-order valence-corrected chi connectivity index (χ4v) is 4.34. The van der Waals surface area contributed by atoms with E-state index in [1.807, 2.05) is 41.5 Å². The van der Waals surface area contributed by atoms with Gasteiger partial charge in [0.25, 0.3) is 11.8 Å². The van der Waals surface area contributed by atoms with Crippen LogP contribution in [0.1, 0.15) is 64.8 Å². The molecule has 0 unspecified atom stereocenters. The number of methoxy groups -OCH3 is 1. The van der Waals surface area contributed by atoms with Gasteiger partial charge in [-0.3, -0.25) is 20.4 Å². The van der Waals surface area contributed by atoms with E-state index in [1.54, 1.807) is 18.2 Å². The monoisotopic (exact) mass is 456 g/mol. The largest absolute Gasteiger partial charge is 0.493 e. The lowest BCUT2D eigenvalue weighted by atomic mass is 9.95. The molecule has 2 aromatic heterocycles. The first-order valence-corrected chi connectivity index (χ1v) is 11.1. The molecule has 0 spiro atoms. The topological polar surface area (TPSA) is 102 Å². The molecule has 2 heterocycles. The van der Waals surface area contributed by atoms with E-state index < -0.39 is 11.8 Å². The van der Waals surface area contributed by atoms with E-state index in [9.17, 15) is 9.59 Å². The Labute approximate surface area is 191 Å². The first-order chi connectivity index (χ1) is 15.1. The summed E-state index contributed by atoms with van der Waals surface area (Å²) in [5.41, 5.74) is 6.70. The molecule has 0 atom stereocenters. The average Bonchev–Trinajstić information content (AvgIpc) is 3.08. The lowest BCUT2D eigenvalue weighted by Crippen LogP contribution is -2.41. The second-order valence-electron chi connectivity index (χ2n) is 8.33. The average molecular weight is 457 g/mol. The molecule has 2 N–H and O–H groups in total. The zero-order valence-corrected chi connectivity index (χ0v) is 20.2. The Hall–Kier alpha value is -3.20. The highest BCUT2D eigenvalue weighted by atomic mass is 32.1.